The second-order valence-corrected chi connectivity index (χ2v) is 7.60. The van der Waals surface area contributed by atoms with Crippen LogP contribution >= 0.6 is 0 Å². The minimum atomic E-state index is -0.621. The van der Waals surface area contributed by atoms with E-state index in [9.17, 15) is 14.4 Å². The van der Waals surface area contributed by atoms with Crippen LogP contribution in [0.5, 0.6) is 5.75 Å². The molecule has 1 unspecified atom stereocenters. The van der Waals surface area contributed by atoms with Gasteiger partial charge in [-0.2, -0.15) is 0 Å². The predicted octanol–water partition coefficient (Wildman–Crippen LogP) is 1.98. The summed E-state index contributed by atoms with van der Waals surface area (Å²) in [6.45, 7) is 6.60. The highest BCUT2D eigenvalue weighted by atomic mass is 16.5. The first-order valence-electron chi connectivity index (χ1n) is 10.0. The van der Waals surface area contributed by atoms with E-state index in [4.69, 9.17) is 4.74 Å². The average Bonchev–Trinajstić information content (AvgIpc) is 2.71. The predicted molar refractivity (Wildman–Crippen MR) is 112 cm³/mol. The summed E-state index contributed by atoms with van der Waals surface area (Å²) in [6, 6.07) is 6.81. The summed E-state index contributed by atoms with van der Waals surface area (Å²) in [4.78, 5) is 38.6. The SMILES string of the molecule is COc1ccc(/C=C/C(=O)NC(C)C(=O)N2CCC(C(=O)NC(C)C)CC2)cc1. The molecule has 7 heteroatoms. The maximum absolute atomic E-state index is 12.6. The summed E-state index contributed by atoms with van der Waals surface area (Å²) in [5, 5.41) is 5.63. The van der Waals surface area contributed by atoms with Crippen molar-refractivity contribution in [3.8, 4) is 5.75 Å². The molecule has 0 aliphatic carbocycles. The van der Waals surface area contributed by atoms with Gasteiger partial charge in [-0.1, -0.05) is 12.1 Å². The molecule has 1 aliphatic rings. The molecule has 1 heterocycles. The first kappa shape index (κ1) is 22.5. The quantitative estimate of drug-likeness (QED) is 0.684. The summed E-state index contributed by atoms with van der Waals surface area (Å²) in [6.07, 6.45) is 4.38. The molecule has 1 aromatic rings. The molecule has 0 bridgehead atoms. The number of rotatable bonds is 7. The fourth-order valence-corrected chi connectivity index (χ4v) is 3.25. The van der Waals surface area contributed by atoms with Crippen LogP contribution in [-0.2, 0) is 14.4 Å². The fraction of sp³-hybridized carbons (Fsp3) is 0.500. The van der Waals surface area contributed by atoms with Crippen LogP contribution < -0.4 is 15.4 Å². The molecule has 2 N–H and O–H groups in total. The van der Waals surface area contributed by atoms with E-state index in [0.29, 0.717) is 25.9 Å². The van der Waals surface area contributed by atoms with Crippen molar-refractivity contribution in [2.75, 3.05) is 20.2 Å². The van der Waals surface area contributed by atoms with Gasteiger partial charge in [0, 0.05) is 31.1 Å². The molecule has 158 valence electrons. The molecule has 7 nitrogen and oxygen atoms in total. The Morgan fingerprint density at radius 1 is 1.07 bits per heavy atom. The van der Waals surface area contributed by atoms with Gasteiger partial charge in [0.05, 0.1) is 7.11 Å². The molecule has 0 aromatic heterocycles. The first-order valence-corrected chi connectivity index (χ1v) is 10.0. The number of nitrogens with zero attached hydrogens (tertiary/aromatic N) is 1. The summed E-state index contributed by atoms with van der Waals surface area (Å²) in [5.74, 6) is 0.291. The van der Waals surface area contributed by atoms with Gasteiger partial charge in [-0.3, -0.25) is 14.4 Å². The number of piperidine rings is 1. The maximum atomic E-state index is 12.6. The van der Waals surface area contributed by atoms with Gasteiger partial charge >= 0.3 is 0 Å². The van der Waals surface area contributed by atoms with Crippen molar-refractivity contribution in [2.24, 2.45) is 5.92 Å². The van der Waals surface area contributed by atoms with Crippen LogP contribution in [0.15, 0.2) is 30.3 Å². The second-order valence-electron chi connectivity index (χ2n) is 7.60. The molecule has 0 radical (unpaired) electrons. The average molecular weight is 402 g/mol. The molecule has 1 fully saturated rings. The van der Waals surface area contributed by atoms with Gasteiger partial charge in [0.25, 0.3) is 0 Å². The molecule has 1 saturated heterocycles. The molecule has 29 heavy (non-hydrogen) atoms. The number of benzene rings is 1. The lowest BCUT2D eigenvalue weighted by atomic mass is 9.95. The number of methoxy groups -OCH3 is 1. The smallest absolute Gasteiger partial charge is 0.244 e. The van der Waals surface area contributed by atoms with E-state index in [-0.39, 0.29) is 29.7 Å². The molecule has 0 spiro atoms. The Morgan fingerprint density at radius 3 is 2.24 bits per heavy atom. The van der Waals surface area contributed by atoms with Crippen molar-refractivity contribution < 1.29 is 19.1 Å². The van der Waals surface area contributed by atoms with Gasteiger partial charge in [0.1, 0.15) is 11.8 Å². The van der Waals surface area contributed by atoms with Crippen LogP contribution in [0.2, 0.25) is 0 Å². The maximum Gasteiger partial charge on any atom is 0.244 e. The second kappa shape index (κ2) is 10.6. The fourth-order valence-electron chi connectivity index (χ4n) is 3.25. The Kier molecular flexibility index (Phi) is 8.24. The number of hydrogen-bond donors (Lipinski definition) is 2. The number of nitrogens with one attached hydrogen (secondary N) is 2. The zero-order chi connectivity index (χ0) is 21.4. The molecule has 1 atom stereocenters. The van der Waals surface area contributed by atoms with E-state index < -0.39 is 6.04 Å². The van der Waals surface area contributed by atoms with Gasteiger partial charge in [0.2, 0.25) is 17.7 Å². The number of carbonyl (C=O) groups excluding carboxylic acids is 3. The van der Waals surface area contributed by atoms with Crippen molar-refractivity contribution in [2.45, 2.75) is 45.7 Å². The largest absolute Gasteiger partial charge is 0.497 e. The zero-order valence-corrected chi connectivity index (χ0v) is 17.6. The van der Waals surface area contributed by atoms with Crippen LogP contribution in [0.25, 0.3) is 6.08 Å². The number of ether oxygens (including phenoxy) is 1. The minimum absolute atomic E-state index is 0.0529. The summed E-state index contributed by atoms with van der Waals surface area (Å²) >= 11 is 0. The van der Waals surface area contributed by atoms with Crippen molar-refractivity contribution >= 4 is 23.8 Å². The summed E-state index contributed by atoms with van der Waals surface area (Å²) in [7, 11) is 1.60. The summed E-state index contributed by atoms with van der Waals surface area (Å²) < 4.78 is 5.10. The Labute approximate surface area is 172 Å². The topological polar surface area (TPSA) is 87.7 Å². The van der Waals surface area contributed by atoms with Gasteiger partial charge < -0.3 is 20.3 Å². The third-order valence-electron chi connectivity index (χ3n) is 4.88. The molecular formula is C22H31N3O4. The standard InChI is InChI=1S/C22H31N3O4/c1-15(2)23-21(27)18-11-13-25(14-12-18)22(28)16(3)24-20(26)10-7-17-5-8-19(29-4)9-6-17/h5-10,15-16,18H,11-14H2,1-4H3,(H,23,27)(H,24,26)/b10-7+. The highest BCUT2D eigenvalue weighted by Gasteiger charge is 2.29. The Morgan fingerprint density at radius 2 is 1.69 bits per heavy atom. The highest BCUT2D eigenvalue weighted by molar-refractivity contribution is 5.95. The number of hydrogen-bond acceptors (Lipinski definition) is 4. The third-order valence-corrected chi connectivity index (χ3v) is 4.88. The third kappa shape index (κ3) is 6.93. The number of likely N-dealkylation sites (tertiary alicyclic amines) is 1. The van der Waals surface area contributed by atoms with Crippen molar-refractivity contribution in [1.29, 1.82) is 0 Å². The van der Waals surface area contributed by atoms with Crippen molar-refractivity contribution in [3.63, 3.8) is 0 Å². The lowest BCUT2D eigenvalue weighted by Gasteiger charge is -2.33. The first-order chi connectivity index (χ1) is 13.8. The van der Waals surface area contributed by atoms with Gasteiger partial charge in [-0.15, -0.1) is 0 Å². The van der Waals surface area contributed by atoms with E-state index >= 15 is 0 Å². The van der Waals surface area contributed by atoms with Gasteiger partial charge in [0.15, 0.2) is 0 Å². The highest BCUT2D eigenvalue weighted by Crippen LogP contribution is 2.18. The van der Waals surface area contributed by atoms with Crippen LogP contribution in [0.1, 0.15) is 39.2 Å². The molecule has 1 aromatic carbocycles. The van der Waals surface area contributed by atoms with E-state index in [0.717, 1.165) is 11.3 Å². The molecule has 1 aliphatic heterocycles. The number of amides is 3. The van der Waals surface area contributed by atoms with E-state index in [1.54, 1.807) is 25.0 Å². The van der Waals surface area contributed by atoms with E-state index in [1.807, 2.05) is 38.1 Å². The molecule has 3 amide bonds. The summed E-state index contributed by atoms with van der Waals surface area (Å²) in [5.41, 5.74) is 0.863. The minimum Gasteiger partial charge on any atom is -0.497 e. The Balaban J connectivity index is 1.80. The Hall–Kier alpha value is -2.83. The van der Waals surface area contributed by atoms with Crippen molar-refractivity contribution in [1.82, 2.24) is 15.5 Å². The van der Waals surface area contributed by atoms with Crippen LogP contribution in [0.3, 0.4) is 0 Å². The van der Waals surface area contributed by atoms with Crippen LogP contribution in [0, 0.1) is 5.92 Å². The van der Waals surface area contributed by atoms with Crippen LogP contribution in [-0.4, -0.2) is 54.9 Å². The Bertz CT molecular complexity index is 735. The van der Waals surface area contributed by atoms with Gasteiger partial charge in [-0.05, 0) is 57.4 Å². The van der Waals surface area contributed by atoms with Gasteiger partial charge in [-0.25, -0.2) is 0 Å². The molecular weight excluding hydrogens is 370 g/mol. The zero-order valence-electron chi connectivity index (χ0n) is 17.6. The lowest BCUT2D eigenvalue weighted by Crippen LogP contribution is -2.50. The van der Waals surface area contributed by atoms with Crippen molar-refractivity contribution in [3.05, 3.63) is 35.9 Å². The molecule has 2 rings (SSSR count). The normalized spacial score (nSPS) is 16.0. The number of carbonyl (C=O) groups is 3. The lowest BCUT2D eigenvalue weighted by molar-refractivity contribution is -0.138. The molecule has 0 saturated carbocycles. The monoisotopic (exact) mass is 401 g/mol. The van der Waals surface area contributed by atoms with E-state index in [1.165, 1.54) is 6.08 Å². The van der Waals surface area contributed by atoms with E-state index in [2.05, 4.69) is 10.6 Å². The van der Waals surface area contributed by atoms with Crippen LogP contribution in [0.4, 0.5) is 0 Å².